The van der Waals surface area contributed by atoms with E-state index in [2.05, 4.69) is 15.6 Å². The highest BCUT2D eigenvalue weighted by Gasteiger charge is 2.46. The summed E-state index contributed by atoms with van der Waals surface area (Å²) in [5, 5.41) is 16.5. The molecule has 0 saturated carbocycles. The molecular formula is C34H31N5O9. The molecule has 1 fully saturated rings. The van der Waals surface area contributed by atoms with E-state index in [1.807, 2.05) is 12.1 Å². The summed E-state index contributed by atoms with van der Waals surface area (Å²) in [4.78, 5) is 80.8. The predicted molar refractivity (Wildman–Crippen MR) is 171 cm³/mol. The highest BCUT2D eigenvalue weighted by Crippen LogP contribution is 2.37. The Kier molecular flexibility index (Phi) is 8.50. The number of carboxylic acid groups (broad SMARTS) is 1. The topological polar surface area (TPSA) is 186 Å². The molecule has 6 rings (SSSR count). The number of aromatic carboxylic acids is 1. The van der Waals surface area contributed by atoms with E-state index < -0.39 is 35.6 Å². The van der Waals surface area contributed by atoms with Gasteiger partial charge in [0.1, 0.15) is 17.5 Å². The van der Waals surface area contributed by atoms with Gasteiger partial charge in [-0.25, -0.2) is 4.79 Å². The van der Waals surface area contributed by atoms with Gasteiger partial charge in [-0.2, -0.15) is 0 Å². The Balaban J connectivity index is 1.26. The van der Waals surface area contributed by atoms with E-state index in [0.29, 0.717) is 29.9 Å². The number of pyridine rings is 2. The number of nitrogens with zero attached hydrogens (tertiary/aromatic N) is 3. The number of hydrogen-bond acceptors (Lipinski definition) is 10. The number of ether oxygens (including phenoxy) is 2. The summed E-state index contributed by atoms with van der Waals surface area (Å²) >= 11 is 0. The van der Waals surface area contributed by atoms with Gasteiger partial charge in [0.25, 0.3) is 17.4 Å². The molecule has 48 heavy (non-hydrogen) atoms. The molecular weight excluding hydrogens is 622 g/mol. The first kappa shape index (κ1) is 32.1. The Labute approximate surface area is 273 Å². The van der Waals surface area contributed by atoms with E-state index in [1.165, 1.54) is 37.1 Å². The van der Waals surface area contributed by atoms with Crippen LogP contribution in [0.5, 0.6) is 11.5 Å². The lowest BCUT2D eigenvalue weighted by molar-refractivity contribution is -0.136. The van der Waals surface area contributed by atoms with Crippen molar-refractivity contribution < 1.29 is 38.6 Å². The minimum absolute atomic E-state index is 0.00727. The largest absolute Gasteiger partial charge is 0.496 e. The smallest absolute Gasteiger partial charge is 0.336 e. The quantitative estimate of drug-likeness (QED) is 0.168. The van der Waals surface area contributed by atoms with Crippen LogP contribution in [0.25, 0.3) is 21.9 Å². The van der Waals surface area contributed by atoms with Crippen molar-refractivity contribution >= 4 is 40.4 Å². The van der Waals surface area contributed by atoms with Crippen molar-refractivity contribution in [1.29, 1.82) is 0 Å². The second-order valence-corrected chi connectivity index (χ2v) is 11.4. The first-order valence-electron chi connectivity index (χ1n) is 15.1. The van der Waals surface area contributed by atoms with Crippen molar-refractivity contribution in [3.8, 4) is 22.6 Å². The summed E-state index contributed by atoms with van der Waals surface area (Å²) in [5.74, 6) is -3.00. The fourth-order valence-corrected chi connectivity index (χ4v) is 6.36. The van der Waals surface area contributed by atoms with Gasteiger partial charge in [0, 0.05) is 49.7 Å². The number of benzene rings is 2. The van der Waals surface area contributed by atoms with Gasteiger partial charge in [-0.3, -0.25) is 39.2 Å². The molecule has 3 N–H and O–H groups in total. The van der Waals surface area contributed by atoms with Gasteiger partial charge in [-0.15, -0.1) is 0 Å². The molecule has 2 aromatic carbocycles. The maximum absolute atomic E-state index is 13.6. The maximum atomic E-state index is 13.6. The summed E-state index contributed by atoms with van der Waals surface area (Å²) in [6.07, 6.45) is 5.21. The van der Waals surface area contributed by atoms with Crippen LogP contribution in [0.2, 0.25) is 0 Å². The summed E-state index contributed by atoms with van der Waals surface area (Å²) in [6.45, 7) is 0.218. The first-order valence-corrected chi connectivity index (χ1v) is 15.1. The van der Waals surface area contributed by atoms with E-state index in [0.717, 1.165) is 27.0 Å². The second kappa shape index (κ2) is 12.7. The van der Waals surface area contributed by atoms with Crippen LogP contribution < -0.4 is 25.7 Å². The van der Waals surface area contributed by atoms with Crippen molar-refractivity contribution in [3.63, 3.8) is 0 Å². The second-order valence-electron chi connectivity index (χ2n) is 11.4. The number of piperidine rings is 1. The first-order chi connectivity index (χ1) is 23.0. The lowest BCUT2D eigenvalue weighted by Gasteiger charge is -2.27. The SMILES string of the molecule is COc1cc(-c2cn(C)c(=O)c3cnccc23)cc(OC)c1CCNCc1c(C(=O)O)ccc2c1C(=O)N(C1CCC(=O)NC1=O)C2=O. The van der Waals surface area contributed by atoms with Gasteiger partial charge in [-0.1, -0.05) is 0 Å². The van der Waals surface area contributed by atoms with E-state index in [9.17, 15) is 33.9 Å². The molecule has 2 aromatic heterocycles. The third kappa shape index (κ3) is 5.45. The Morgan fingerprint density at radius 3 is 2.40 bits per heavy atom. The number of rotatable bonds is 10. The number of carbonyl (C=O) groups excluding carboxylic acids is 4. The minimum atomic E-state index is -1.28. The van der Waals surface area contributed by atoms with Gasteiger partial charge in [0.05, 0.1) is 36.3 Å². The zero-order valence-electron chi connectivity index (χ0n) is 26.3. The zero-order chi connectivity index (χ0) is 34.3. The van der Waals surface area contributed by atoms with Gasteiger partial charge in [0.15, 0.2) is 0 Å². The molecule has 0 bridgehead atoms. The molecule has 2 aliphatic heterocycles. The molecule has 246 valence electrons. The Hall–Kier alpha value is -5.89. The lowest BCUT2D eigenvalue weighted by atomic mass is 9.96. The molecule has 1 atom stereocenters. The third-order valence-electron chi connectivity index (χ3n) is 8.70. The van der Waals surface area contributed by atoms with Crippen LogP contribution in [0, 0.1) is 0 Å². The maximum Gasteiger partial charge on any atom is 0.336 e. The molecule has 4 heterocycles. The summed E-state index contributed by atoms with van der Waals surface area (Å²) in [7, 11) is 4.73. The van der Waals surface area contributed by atoms with E-state index in [4.69, 9.17) is 9.47 Å². The van der Waals surface area contributed by atoms with Crippen LogP contribution in [0.3, 0.4) is 0 Å². The normalized spacial score (nSPS) is 15.9. The number of aryl methyl sites for hydroxylation is 1. The van der Waals surface area contributed by atoms with Gasteiger partial charge in [0.2, 0.25) is 11.8 Å². The molecule has 0 aliphatic carbocycles. The Morgan fingerprint density at radius 2 is 1.73 bits per heavy atom. The molecule has 1 saturated heterocycles. The van der Waals surface area contributed by atoms with E-state index >= 15 is 0 Å². The van der Waals surface area contributed by atoms with Crippen molar-refractivity contribution in [1.82, 2.24) is 25.1 Å². The van der Waals surface area contributed by atoms with Gasteiger partial charge >= 0.3 is 5.97 Å². The molecule has 4 amide bonds. The van der Waals surface area contributed by atoms with Crippen LogP contribution in [-0.2, 0) is 29.6 Å². The number of imide groups is 2. The molecule has 1 unspecified atom stereocenters. The Bertz CT molecular complexity index is 2080. The Morgan fingerprint density at radius 1 is 1.00 bits per heavy atom. The van der Waals surface area contributed by atoms with Crippen LogP contribution in [0.1, 0.15) is 55.0 Å². The van der Waals surface area contributed by atoms with Crippen molar-refractivity contribution in [2.75, 3.05) is 20.8 Å². The number of carbonyl (C=O) groups is 5. The molecule has 14 nitrogen and oxygen atoms in total. The number of aromatic nitrogens is 2. The predicted octanol–water partition coefficient (Wildman–Crippen LogP) is 2.05. The molecule has 14 heteroatoms. The fraction of sp³-hybridized carbons (Fsp3) is 0.265. The molecule has 2 aliphatic rings. The summed E-state index contributed by atoms with van der Waals surface area (Å²) < 4.78 is 13.0. The van der Waals surface area contributed by atoms with Crippen molar-refractivity contribution in [3.05, 3.63) is 87.1 Å². The lowest BCUT2D eigenvalue weighted by Crippen LogP contribution is -2.54. The van der Waals surface area contributed by atoms with Gasteiger partial charge < -0.3 is 24.5 Å². The highest BCUT2D eigenvalue weighted by molar-refractivity contribution is 6.24. The minimum Gasteiger partial charge on any atom is -0.496 e. The van der Waals surface area contributed by atoms with Crippen LogP contribution in [0.4, 0.5) is 0 Å². The molecule has 0 spiro atoms. The van der Waals surface area contributed by atoms with Gasteiger partial charge in [-0.05, 0) is 66.2 Å². The van der Waals surface area contributed by atoms with Crippen molar-refractivity contribution in [2.45, 2.75) is 31.8 Å². The highest BCUT2D eigenvalue weighted by atomic mass is 16.5. The average molecular weight is 654 g/mol. The van der Waals surface area contributed by atoms with Crippen LogP contribution in [0.15, 0.2) is 53.7 Å². The number of amides is 4. The number of methoxy groups -OCH3 is 2. The van der Waals surface area contributed by atoms with Crippen LogP contribution in [-0.4, -0.2) is 76.0 Å². The summed E-state index contributed by atoms with van der Waals surface area (Å²) in [5.41, 5.74) is 1.93. The number of hydrogen-bond donors (Lipinski definition) is 3. The number of carboxylic acids is 1. The standard InChI is InChI=1S/C34H31N5O9/c1-38-16-24(18-8-10-36-15-23(18)31(38)42)17-12-26(47-2)20(27(13-17)48-3)9-11-35-14-22-19(34(45)46)4-5-21-29(22)33(44)39(32(21)43)25-6-7-28(40)37-30(25)41/h4-5,8,10,12-13,15-16,25,35H,6-7,9,11,14H2,1-3H3,(H,45,46)(H,37,40,41). The van der Waals surface area contributed by atoms with Crippen LogP contribution >= 0.6 is 0 Å². The molecule has 4 aromatic rings. The molecule has 0 radical (unpaired) electrons. The number of nitrogens with one attached hydrogen (secondary N) is 2. The van der Waals surface area contributed by atoms with E-state index in [1.54, 1.807) is 25.5 Å². The van der Waals surface area contributed by atoms with E-state index in [-0.39, 0.29) is 47.2 Å². The average Bonchev–Trinajstić information content (AvgIpc) is 3.33. The fourth-order valence-electron chi connectivity index (χ4n) is 6.36. The monoisotopic (exact) mass is 653 g/mol. The van der Waals surface area contributed by atoms with Crippen molar-refractivity contribution in [2.24, 2.45) is 7.05 Å². The number of fused-ring (bicyclic) bond motifs is 2. The third-order valence-corrected chi connectivity index (χ3v) is 8.70. The summed E-state index contributed by atoms with van der Waals surface area (Å²) in [6, 6.07) is 6.83. The zero-order valence-corrected chi connectivity index (χ0v) is 26.3.